The Morgan fingerprint density at radius 2 is 2.04 bits per heavy atom. The van der Waals surface area contributed by atoms with E-state index in [4.69, 9.17) is 0 Å². The number of H-pyrrole nitrogens is 1. The third-order valence-electron chi connectivity index (χ3n) is 4.33. The Morgan fingerprint density at radius 1 is 1.22 bits per heavy atom. The fraction of sp³-hybridized carbons (Fsp3) is 0.167. The van der Waals surface area contributed by atoms with Gasteiger partial charge in [0.1, 0.15) is 5.75 Å². The van der Waals surface area contributed by atoms with Gasteiger partial charge in [-0.05, 0) is 43.3 Å². The summed E-state index contributed by atoms with van der Waals surface area (Å²) >= 11 is 0. The molecular formula is C18H18N4O. The number of aromatic hydroxyl groups is 1. The summed E-state index contributed by atoms with van der Waals surface area (Å²) in [6.07, 6.45) is 2.13. The quantitative estimate of drug-likeness (QED) is 0.674. The molecule has 1 aromatic heterocycles. The maximum atomic E-state index is 9.85. The van der Waals surface area contributed by atoms with Crippen LogP contribution in [0, 0.1) is 0 Å². The van der Waals surface area contributed by atoms with Crippen molar-refractivity contribution in [2.45, 2.75) is 13.0 Å². The highest BCUT2D eigenvalue weighted by Gasteiger charge is 2.23. The van der Waals surface area contributed by atoms with Gasteiger partial charge in [0.15, 0.2) is 0 Å². The molecule has 5 heteroatoms. The van der Waals surface area contributed by atoms with Gasteiger partial charge in [0.2, 0.25) is 5.95 Å². The van der Waals surface area contributed by atoms with Crippen LogP contribution in [0.5, 0.6) is 5.75 Å². The number of allylic oxidation sites excluding steroid dienone is 1. The average molecular weight is 306 g/mol. The van der Waals surface area contributed by atoms with Gasteiger partial charge in [0, 0.05) is 24.0 Å². The van der Waals surface area contributed by atoms with E-state index in [-0.39, 0.29) is 11.8 Å². The van der Waals surface area contributed by atoms with E-state index in [1.807, 2.05) is 37.4 Å². The molecule has 0 aliphatic carbocycles. The summed E-state index contributed by atoms with van der Waals surface area (Å²) < 4.78 is 0. The van der Waals surface area contributed by atoms with Crippen LogP contribution in [0.1, 0.15) is 18.5 Å². The van der Waals surface area contributed by atoms with E-state index in [1.54, 1.807) is 12.1 Å². The molecule has 1 aliphatic rings. The molecule has 0 saturated carbocycles. The molecule has 0 amide bonds. The van der Waals surface area contributed by atoms with Gasteiger partial charge in [0.25, 0.3) is 0 Å². The second kappa shape index (κ2) is 5.05. The summed E-state index contributed by atoms with van der Waals surface area (Å²) in [6.45, 7) is 2.07. The third kappa shape index (κ3) is 2.30. The number of hydrogen-bond donors (Lipinski definition) is 3. The van der Waals surface area contributed by atoms with Crippen molar-refractivity contribution in [3.63, 3.8) is 0 Å². The fourth-order valence-corrected chi connectivity index (χ4v) is 3.02. The average Bonchev–Trinajstić information content (AvgIpc) is 2.94. The molecule has 116 valence electrons. The minimum Gasteiger partial charge on any atom is -0.508 e. The summed E-state index contributed by atoms with van der Waals surface area (Å²) in [5.74, 6) is 0.987. The number of para-hydroxylation sites is 2. The van der Waals surface area contributed by atoms with Crippen molar-refractivity contribution in [2.75, 3.05) is 17.3 Å². The Morgan fingerprint density at radius 3 is 2.87 bits per heavy atom. The van der Waals surface area contributed by atoms with Crippen molar-refractivity contribution < 1.29 is 5.11 Å². The Kier molecular flexibility index (Phi) is 3.01. The normalized spacial score (nSPS) is 17.0. The first-order chi connectivity index (χ1) is 11.1. The van der Waals surface area contributed by atoms with Gasteiger partial charge in [-0.25, -0.2) is 4.98 Å². The first kappa shape index (κ1) is 13.7. The van der Waals surface area contributed by atoms with E-state index in [1.165, 1.54) is 0 Å². The number of phenols is 1. The van der Waals surface area contributed by atoms with Gasteiger partial charge < -0.3 is 20.3 Å². The summed E-state index contributed by atoms with van der Waals surface area (Å²) in [5.41, 5.74) is 5.19. The molecule has 0 bridgehead atoms. The summed E-state index contributed by atoms with van der Waals surface area (Å²) in [5, 5.41) is 13.3. The van der Waals surface area contributed by atoms with Gasteiger partial charge in [-0.15, -0.1) is 0 Å². The van der Waals surface area contributed by atoms with Crippen molar-refractivity contribution in [2.24, 2.45) is 0 Å². The second-order valence-electron chi connectivity index (χ2n) is 5.83. The van der Waals surface area contributed by atoms with Crippen LogP contribution in [0.25, 0.3) is 11.0 Å². The van der Waals surface area contributed by atoms with Crippen LogP contribution in [0.2, 0.25) is 0 Å². The van der Waals surface area contributed by atoms with Gasteiger partial charge in [-0.1, -0.05) is 12.1 Å². The molecule has 2 aromatic carbocycles. The molecule has 1 unspecified atom stereocenters. The summed E-state index contributed by atoms with van der Waals surface area (Å²) in [6, 6.07) is 13.3. The van der Waals surface area contributed by atoms with Crippen molar-refractivity contribution in [3.8, 4) is 5.75 Å². The Hall–Kier alpha value is -2.95. The number of aromatic nitrogens is 2. The van der Waals surface area contributed by atoms with Crippen LogP contribution in [0.4, 0.5) is 11.6 Å². The minimum absolute atomic E-state index is 0.0473. The maximum absolute atomic E-state index is 9.85. The van der Waals surface area contributed by atoms with Crippen molar-refractivity contribution >= 4 is 22.7 Å². The SMILES string of the molecule is CC1=CC(Nc2nc3ccccc3[nH]2)c2cc(O)ccc2N1C. The van der Waals surface area contributed by atoms with Crippen molar-refractivity contribution in [1.29, 1.82) is 0 Å². The van der Waals surface area contributed by atoms with E-state index in [9.17, 15) is 5.11 Å². The molecule has 5 nitrogen and oxygen atoms in total. The highest BCUT2D eigenvalue weighted by molar-refractivity contribution is 5.77. The molecule has 1 atom stereocenters. The number of imidazole rings is 1. The van der Waals surface area contributed by atoms with E-state index < -0.39 is 0 Å². The summed E-state index contributed by atoms with van der Waals surface area (Å²) in [7, 11) is 2.03. The fourth-order valence-electron chi connectivity index (χ4n) is 3.02. The molecule has 0 spiro atoms. The van der Waals surface area contributed by atoms with Crippen molar-refractivity contribution in [1.82, 2.24) is 9.97 Å². The van der Waals surface area contributed by atoms with Gasteiger partial charge in [-0.3, -0.25) is 0 Å². The molecule has 4 rings (SSSR count). The molecular weight excluding hydrogens is 288 g/mol. The van der Waals surface area contributed by atoms with Crippen molar-refractivity contribution in [3.05, 3.63) is 59.8 Å². The van der Waals surface area contributed by atoms with Gasteiger partial charge in [0.05, 0.1) is 17.1 Å². The predicted molar refractivity (Wildman–Crippen MR) is 92.7 cm³/mol. The van der Waals surface area contributed by atoms with E-state index in [0.717, 1.165) is 33.9 Å². The maximum Gasteiger partial charge on any atom is 0.201 e. The zero-order valence-electron chi connectivity index (χ0n) is 13.0. The Bertz CT molecular complexity index is 879. The standard InChI is InChI=1S/C18H18N4O/c1-11-9-16(13-10-12(23)7-8-17(13)22(11)2)21-18-19-14-5-3-4-6-15(14)20-18/h3-10,16,23H,1-2H3,(H2,19,20,21). The monoisotopic (exact) mass is 306 g/mol. The number of benzene rings is 2. The second-order valence-corrected chi connectivity index (χ2v) is 5.83. The lowest BCUT2D eigenvalue weighted by molar-refractivity contribution is 0.474. The number of nitrogens with one attached hydrogen (secondary N) is 2. The lowest BCUT2D eigenvalue weighted by Crippen LogP contribution is -2.25. The number of phenolic OH excluding ortho intramolecular Hbond substituents is 1. The molecule has 2 heterocycles. The van der Waals surface area contributed by atoms with Crippen LogP contribution >= 0.6 is 0 Å². The number of anilines is 2. The number of fused-ring (bicyclic) bond motifs is 2. The van der Waals surface area contributed by atoms with E-state index in [0.29, 0.717) is 0 Å². The number of rotatable bonds is 2. The lowest BCUT2D eigenvalue weighted by Gasteiger charge is -2.32. The zero-order valence-corrected chi connectivity index (χ0v) is 13.0. The molecule has 23 heavy (non-hydrogen) atoms. The van der Waals surface area contributed by atoms with E-state index >= 15 is 0 Å². The molecule has 0 saturated heterocycles. The van der Waals surface area contributed by atoms with Crippen LogP contribution in [-0.2, 0) is 0 Å². The third-order valence-corrected chi connectivity index (χ3v) is 4.33. The highest BCUT2D eigenvalue weighted by Crippen LogP contribution is 2.37. The van der Waals surface area contributed by atoms with Crippen LogP contribution < -0.4 is 10.2 Å². The first-order valence-corrected chi connectivity index (χ1v) is 7.58. The van der Waals surface area contributed by atoms with Crippen LogP contribution in [0.3, 0.4) is 0 Å². The van der Waals surface area contributed by atoms with Crippen LogP contribution in [0.15, 0.2) is 54.2 Å². The molecule has 0 radical (unpaired) electrons. The lowest BCUT2D eigenvalue weighted by atomic mass is 9.98. The van der Waals surface area contributed by atoms with E-state index in [2.05, 4.69) is 33.2 Å². The largest absolute Gasteiger partial charge is 0.508 e. The molecule has 0 fully saturated rings. The minimum atomic E-state index is -0.0473. The zero-order chi connectivity index (χ0) is 16.0. The van der Waals surface area contributed by atoms with Crippen LogP contribution in [-0.4, -0.2) is 22.1 Å². The molecule has 1 aliphatic heterocycles. The number of nitrogens with zero attached hydrogens (tertiary/aromatic N) is 2. The smallest absolute Gasteiger partial charge is 0.201 e. The highest BCUT2D eigenvalue weighted by atomic mass is 16.3. The number of aromatic amines is 1. The first-order valence-electron chi connectivity index (χ1n) is 7.58. The topological polar surface area (TPSA) is 64.2 Å². The van der Waals surface area contributed by atoms with Gasteiger partial charge >= 0.3 is 0 Å². The summed E-state index contributed by atoms with van der Waals surface area (Å²) in [4.78, 5) is 9.98. The number of hydrogen-bond acceptors (Lipinski definition) is 4. The molecule has 3 aromatic rings. The predicted octanol–water partition coefficient (Wildman–Crippen LogP) is 3.78. The Labute approximate surface area is 134 Å². The molecule has 3 N–H and O–H groups in total. The Balaban J connectivity index is 1.74. The van der Waals surface area contributed by atoms with Gasteiger partial charge in [-0.2, -0.15) is 0 Å².